The second-order valence-electron chi connectivity index (χ2n) is 22.9. The summed E-state index contributed by atoms with van der Waals surface area (Å²) in [6, 6.07) is -0.865. The second-order valence-corrected chi connectivity index (χ2v) is 24.3. The van der Waals surface area contributed by atoms with Gasteiger partial charge < -0.3 is 19.4 Å². The van der Waals surface area contributed by atoms with Crippen molar-refractivity contribution in [1.82, 2.24) is 5.32 Å². The topological polar surface area (TPSA) is 111 Å². The van der Waals surface area contributed by atoms with Gasteiger partial charge in [-0.2, -0.15) is 0 Å². The maximum absolute atomic E-state index is 13.6. The fourth-order valence-electron chi connectivity index (χ4n) is 8.98. The third kappa shape index (κ3) is 59.3. The Kier molecular flexibility index (Phi) is 56.4. The molecule has 0 radical (unpaired) electrons. The first-order valence-corrected chi connectivity index (χ1v) is 34.2. The van der Waals surface area contributed by atoms with Crippen LogP contribution in [0.5, 0.6) is 0 Å². The van der Waals surface area contributed by atoms with Crippen molar-refractivity contribution in [2.45, 2.75) is 283 Å². The van der Waals surface area contributed by atoms with Crippen LogP contribution in [0.25, 0.3) is 0 Å². The zero-order chi connectivity index (χ0) is 58.6. The van der Waals surface area contributed by atoms with Crippen LogP contribution < -0.4 is 5.32 Å². The minimum atomic E-state index is -4.46. The van der Waals surface area contributed by atoms with Crippen LogP contribution in [0.4, 0.5) is 0 Å². The number of carbonyl (C=O) groups is 2. The van der Waals surface area contributed by atoms with Gasteiger partial charge in [-0.3, -0.25) is 18.6 Å². The van der Waals surface area contributed by atoms with E-state index < -0.39 is 20.0 Å². The van der Waals surface area contributed by atoms with Gasteiger partial charge in [-0.05, 0) is 109 Å². The molecule has 0 aliphatic rings. The van der Waals surface area contributed by atoms with E-state index in [2.05, 4.69) is 123 Å². The van der Waals surface area contributed by atoms with Crippen molar-refractivity contribution in [1.29, 1.82) is 0 Å². The number of allylic oxidation sites excluding steroid dienone is 17. The summed E-state index contributed by atoms with van der Waals surface area (Å²) in [6.45, 7) is 6.78. The molecule has 0 saturated carbocycles. The van der Waals surface area contributed by atoms with Crippen molar-refractivity contribution in [2.24, 2.45) is 0 Å². The van der Waals surface area contributed by atoms with Crippen LogP contribution in [0, 0.1) is 0 Å². The molecule has 0 saturated heterocycles. The summed E-state index contributed by atoms with van der Waals surface area (Å²) < 4.78 is 30.7. The molecule has 0 aromatic heterocycles. The highest BCUT2D eigenvalue weighted by Gasteiger charge is 2.30. The Morgan fingerprint density at radius 3 is 1.20 bits per heavy atom. The van der Waals surface area contributed by atoms with Gasteiger partial charge in [-0.1, -0.05) is 259 Å². The molecule has 9 nitrogen and oxygen atoms in total. The van der Waals surface area contributed by atoms with Gasteiger partial charge in [0.1, 0.15) is 19.3 Å². The number of nitrogens with zero attached hydrogens (tertiary/aromatic N) is 1. The maximum Gasteiger partial charge on any atom is 0.472 e. The Labute approximate surface area is 493 Å². The zero-order valence-corrected chi connectivity index (χ0v) is 53.4. The first kappa shape index (κ1) is 76.7. The van der Waals surface area contributed by atoms with Crippen LogP contribution in [-0.4, -0.2) is 74.3 Å². The minimum Gasteiger partial charge on any atom is -0.456 e. The van der Waals surface area contributed by atoms with Gasteiger partial charge >= 0.3 is 13.8 Å². The van der Waals surface area contributed by atoms with E-state index >= 15 is 0 Å². The summed E-state index contributed by atoms with van der Waals surface area (Å²) in [5.41, 5.74) is 0. The predicted molar refractivity (Wildman–Crippen MR) is 346 cm³/mol. The number of nitrogens with one attached hydrogen (secondary N) is 1. The molecule has 2 N–H and O–H groups in total. The standard InChI is InChI=1S/C70H123N2O7P/c1-7-10-13-16-19-22-25-28-30-32-33-34-35-36-37-38-39-40-42-45-48-51-54-57-60-63-70(74)79-68(61-58-55-52-49-46-43-27-24-21-18-15-12-9-3)67(66-78-80(75,76)77-65-64-72(4,5)6)71-69(73)62-59-56-53-50-47-44-41-31-29-26-23-20-17-14-11-8-2/h10-11,13-14,19-20,22-23,28-31,33-34,36-37,58,61,67-68H,7-9,12,15-18,21,24-27,32,35,38-57,59-60,62-66H2,1-6H3,(H-,71,73,75,76)/p+1/b13-10-,14-11+,22-19-,23-20+,30-28-,31-29+,34-33-,37-36-,61-58-. The van der Waals surface area contributed by atoms with E-state index in [-0.39, 0.29) is 31.5 Å². The summed E-state index contributed by atoms with van der Waals surface area (Å²) >= 11 is 0. The summed E-state index contributed by atoms with van der Waals surface area (Å²) in [6.07, 6.45) is 80.9. The fourth-order valence-corrected chi connectivity index (χ4v) is 9.72. The third-order valence-corrected chi connectivity index (χ3v) is 14.9. The molecule has 1 amide bonds. The number of rotatable bonds is 58. The molecule has 0 heterocycles. The molecule has 0 aromatic rings. The summed E-state index contributed by atoms with van der Waals surface area (Å²) in [5, 5.41) is 3.05. The number of unbranched alkanes of at least 4 members (excludes halogenated alkanes) is 26. The van der Waals surface area contributed by atoms with Crippen LogP contribution in [0.3, 0.4) is 0 Å². The van der Waals surface area contributed by atoms with E-state index in [1.165, 1.54) is 89.9 Å². The number of esters is 1. The summed E-state index contributed by atoms with van der Waals surface area (Å²) in [5.74, 6) is -0.529. The number of carbonyl (C=O) groups excluding carboxylic acids is 2. The van der Waals surface area contributed by atoms with E-state index in [9.17, 15) is 19.0 Å². The summed E-state index contributed by atoms with van der Waals surface area (Å²) in [4.78, 5) is 37.8. The molecule has 0 aromatic carbocycles. The second kappa shape index (κ2) is 58.9. The molecule has 0 spiro atoms. The van der Waals surface area contributed by atoms with Gasteiger partial charge in [-0.15, -0.1) is 0 Å². The lowest BCUT2D eigenvalue weighted by Gasteiger charge is -2.27. The predicted octanol–water partition coefficient (Wildman–Crippen LogP) is 20.5. The van der Waals surface area contributed by atoms with E-state index in [1.54, 1.807) is 0 Å². The largest absolute Gasteiger partial charge is 0.472 e. The molecular formula is C70H124N2O7P+. The highest BCUT2D eigenvalue weighted by molar-refractivity contribution is 7.47. The first-order chi connectivity index (χ1) is 38.9. The van der Waals surface area contributed by atoms with Crippen LogP contribution in [-0.2, 0) is 27.9 Å². The Balaban J connectivity index is 5.20. The molecular weight excluding hydrogens is 1010 g/mol. The lowest BCUT2D eigenvalue weighted by Crippen LogP contribution is -2.47. The monoisotopic (exact) mass is 1140 g/mol. The molecule has 3 unspecified atom stereocenters. The molecule has 80 heavy (non-hydrogen) atoms. The minimum absolute atomic E-state index is 0.0315. The van der Waals surface area contributed by atoms with E-state index in [0.717, 1.165) is 148 Å². The van der Waals surface area contributed by atoms with Gasteiger partial charge in [-0.25, -0.2) is 4.57 Å². The Morgan fingerprint density at radius 1 is 0.450 bits per heavy atom. The first-order valence-electron chi connectivity index (χ1n) is 32.7. The lowest BCUT2D eigenvalue weighted by atomic mass is 10.0. The van der Waals surface area contributed by atoms with Crippen molar-refractivity contribution in [2.75, 3.05) is 40.9 Å². The van der Waals surface area contributed by atoms with Gasteiger partial charge in [0.2, 0.25) is 5.91 Å². The number of quaternary nitrogens is 1. The molecule has 0 aliphatic heterocycles. The summed E-state index contributed by atoms with van der Waals surface area (Å²) in [7, 11) is 1.47. The van der Waals surface area contributed by atoms with E-state index in [0.29, 0.717) is 17.4 Å². The average Bonchev–Trinajstić information content (AvgIpc) is 3.42. The van der Waals surface area contributed by atoms with E-state index in [4.69, 9.17) is 13.8 Å². The highest BCUT2D eigenvalue weighted by atomic mass is 31.2. The number of phosphoric acid groups is 1. The average molecular weight is 1140 g/mol. The number of hydrogen-bond donors (Lipinski definition) is 2. The van der Waals surface area contributed by atoms with Crippen LogP contribution in [0.15, 0.2) is 109 Å². The number of hydrogen-bond acceptors (Lipinski definition) is 6. The van der Waals surface area contributed by atoms with Crippen LogP contribution in [0.2, 0.25) is 0 Å². The van der Waals surface area contributed by atoms with Crippen molar-refractivity contribution >= 4 is 19.7 Å². The van der Waals surface area contributed by atoms with Gasteiger partial charge in [0.15, 0.2) is 0 Å². The maximum atomic E-state index is 13.6. The molecule has 10 heteroatoms. The highest BCUT2D eigenvalue weighted by Crippen LogP contribution is 2.43. The number of amides is 1. The Hall–Kier alpha value is -3.33. The fraction of sp³-hybridized carbons (Fsp3) is 0.714. The smallest absolute Gasteiger partial charge is 0.456 e. The number of ether oxygens (including phenoxy) is 1. The Bertz CT molecular complexity index is 1740. The van der Waals surface area contributed by atoms with Crippen LogP contribution >= 0.6 is 7.82 Å². The van der Waals surface area contributed by atoms with Crippen molar-refractivity contribution in [3.05, 3.63) is 109 Å². The normalized spacial score (nSPS) is 14.3. The molecule has 0 aliphatic carbocycles. The quantitative estimate of drug-likeness (QED) is 0.0205. The molecule has 0 bridgehead atoms. The Morgan fingerprint density at radius 2 is 0.800 bits per heavy atom. The van der Waals surface area contributed by atoms with Gasteiger partial charge in [0.05, 0.1) is 33.8 Å². The molecule has 0 rings (SSSR count). The molecule has 0 fully saturated rings. The van der Waals surface area contributed by atoms with Gasteiger partial charge in [0, 0.05) is 12.8 Å². The number of likely N-dealkylation sites (N-methyl/N-ethyl adjacent to an activating group) is 1. The molecule has 460 valence electrons. The lowest BCUT2D eigenvalue weighted by molar-refractivity contribution is -0.870. The third-order valence-electron chi connectivity index (χ3n) is 14.0. The van der Waals surface area contributed by atoms with Crippen molar-refractivity contribution in [3.63, 3.8) is 0 Å². The molecule has 3 atom stereocenters. The van der Waals surface area contributed by atoms with Gasteiger partial charge in [0.25, 0.3) is 0 Å². The number of phosphoric ester groups is 1. The van der Waals surface area contributed by atoms with Crippen molar-refractivity contribution < 1.29 is 37.3 Å². The van der Waals surface area contributed by atoms with E-state index in [1.807, 2.05) is 33.3 Å². The zero-order valence-electron chi connectivity index (χ0n) is 52.5. The van der Waals surface area contributed by atoms with Crippen LogP contribution in [0.1, 0.15) is 271 Å². The SMILES string of the molecule is CC/C=C\C/C=C\C/C=C\C/C=C\C/C=C\CCCCCCCCCCCC(=O)OC(/C=C\CCCCCCCCCCCCC)C(COP(=O)(O)OCC[N+](C)(C)C)NC(=O)CCCCCCCC/C=C/C/C=C/C/C=C/CC. The van der Waals surface area contributed by atoms with Crippen molar-refractivity contribution in [3.8, 4) is 0 Å².